The van der Waals surface area contributed by atoms with Crippen LogP contribution in [0, 0.1) is 17.8 Å². The van der Waals surface area contributed by atoms with Crippen molar-refractivity contribution in [1.29, 1.82) is 0 Å². The summed E-state index contributed by atoms with van der Waals surface area (Å²) in [6.45, 7) is 0. The number of allylic oxidation sites excluding steroid dienone is 2. The predicted molar refractivity (Wildman–Crippen MR) is 42.4 cm³/mol. The highest BCUT2D eigenvalue weighted by Crippen LogP contribution is 2.39. The second-order valence-corrected chi connectivity index (χ2v) is 3.28. The molecule has 0 radical (unpaired) electrons. The number of carboxylic acid groups (broad SMARTS) is 1. The highest BCUT2D eigenvalue weighted by Gasteiger charge is 2.41. The summed E-state index contributed by atoms with van der Waals surface area (Å²) >= 11 is 0. The molecule has 0 aliphatic heterocycles. The number of carboxylic acids is 1. The molecule has 0 saturated carbocycles. The van der Waals surface area contributed by atoms with Gasteiger partial charge in [0.2, 0.25) is 0 Å². The lowest BCUT2D eigenvalue weighted by molar-refractivity contribution is -0.142. The largest absolute Gasteiger partial charge is 0.481 e. The maximum absolute atomic E-state index is 10.7. The van der Waals surface area contributed by atoms with Gasteiger partial charge in [-0.15, -0.1) is 0 Å². The number of aliphatic hydroxyl groups excluding tert-OH is 1. The lowest BCUT2D eigenvalue weighted by atomic mass is 9.88. The van der Waals surface area contributed by atoms with E-state index in [2.05, 4.69) is 0 Å². The third-order valence-electron chi connectivity index (χ3n) is 2.61. The van der Waals surface area contributed by atoms with Crippen molar-refractivity contribution in [2.75, 3.05) is 0 Å². The molecular weight excluding hydrogens is 156 g/mol. The molecule has 0 aromatic carbocycles. The standard InChI is InChI=1S/C9H10O3/c10-7-4-2-5-1-3-6(8(5)7)9(11)12/h1-8,10H,(H,11,12). The third-order valence-corrected chi connectivity index (χ3v) is 2.61. The van der Waals surface area contributed by atoms with Crippen molar-refractivity contribution in [1.82, 2.24) is 0 Å². The van der Waals surface area contributed by atoms with Crippen molar-refractivity contribution in [3.05, 3.63) is 24.3 Å². The van der Waals surface area contributed by atoms with E-state index in [1.54, 1.807) is 12.2 Å². The van der Waals surface area contributed by atoms with Gasteiger partial charge in [-0.1, -0.05) is 24.3 Å². The maximum Gasteiger partial charge on any atom is 0.310 e. The smallest absolute Gasteiger partial charge is 0.310 e. The SMILES string of the molecule is O=C(O)C1C=CC2C=CC(O)C21. The minimum Gasteiger partial charge on any atom is -0.481 e. The molecule has 0 bridgehead atoms. The average molecular weight is 166 g/mol. The fourth-order valence-electron chi connectivity index (χ4n) is 1.99. The predicted octanol–water partition coefficient (Wildman–Crippen LogP) is 0.420. The summed E-state index contributed by atoms with van der Waals surface area (Å²) in [5, 5.41) is 18.2. The number of aliphatic hydroxyl groups is 1. The van der Waals surface area contributed by atoms with E-state index >= 15 is 0 Å². The van der Waals surface area contributed by atoms with Crippen LogP contribution in [0.15, 0.2) is 24.3 Å². The van der Waals surface area contributed by atoms with Gasteiger partial charge < -0.3 is 10.2 Å². The molecule has 0 amide bonds. The molecule has 2 aliphatic carbocycles. The van der Waals surface area contributed by atoms with Crippen molar-refractivity contribution >= 4 is 5.97 Å². The molecule has 12 heavy (non-hydrogen) atoms. The fourth-order valence-corrected chi connectivity index (χ4v) is 1.99. The van der Waals surface area contributed by atoms with Gasteiger partial charge in [-0.3, -0.25) is 4.79 Å². The number of hydrogen-bond donors (Lipinski definition) is 2. The lowest BCUT2D eigenvalue weighted by Gasteiger charge is -2.18. The molecule has 2 N–H and O–H groups in total. The second-order valence-electron chi connectivity index (χ2n) is 3.28. The molecule has 0 heterocycles. The Morgan fingerprint density at radius 1 is 1.17 bits per heavy atom. The van der Waals surface area contributed by atoms with E-state index in [1.807, 2.05) is 12.2 Å². The molecule has 4 atom stereocenters. The fraction of sp³-hybridized carbons (Fsp3) is 0.444. The van der Waals surface area contributed by atoms with Gasteiger partial charge in [0.15, 0.2) is 0 Å². The Bertz CT molecular complexity index is 267. The van der Waals surface area contributed by atoms with Gasteiger partial charge in [-0.25, -0.2) is 0 Å². The average Bonchev–Trinajstić information content (AvgIpc) is 2.53. The maximum atomic E-state index is 10.7. The van der Waals surface area contributed by atoms with E-state index in [0.717, 1.165) is 0 Å². The highest BCUT2D eigenvalue weighted by atomic mass is 16.4. The molecule has 0 saturated heterocycles. The van der Waals surface area contributed by atoms with Gasteiger partial charge in [0.1, 0.15) is 0 Å². The molecule has 0 fully saturated rings. The van der Waals surface area contributed by atoms with E-state index in [1.165, 1.54) is 0 Å². The number of aliphatic carboxylic acids is 1. The summed E-state index contributed by atoms with van der Waals surface area (Å²) in [5.41, 5.74) is 0. The van der Waals surface area contributed by atoms with Crippen molar-refractivity contribution < 1.29 is 15.0 Å². The van der Waals surface area contributed by atoms with Gasteiger partial charge in [0.25, 0.3) is 0 Å². The van der Waals surface area contributed by atoms with Crippen LogP contribution in [0.5, 0.6) is 0 Å². The monoisotopic (exact) mass is 166 g/mol. The molecule has 4 unspecified atom stereocenters. The molecule has 2 rings (SSSR count). The lowest BCUT2D eigenvalue weighted by Crippen LogP contribution is -2.28. The van der Waals surface area contributed by atoms with Crippen LogP contribution < -0.4 is 0 Å². The quantitative estimate of drug-likeness (QED) is 0.555. The number of carbonyl (C=O) groups is 1. The summed E-state index contributed by atoms with van der Waals surface area (Å²) in [4.78, 5) is 10.7. The minimum absolute atomic E-state index is 0.126. The first-order valence-corrected chi connectivity index (χ1v) is 3.97. The van der Waals surface area contributed by atoms with Crippen molar-refractivity contribution in [3.63, 3.8) is 0 Å². The van der Waals surface area contributed by atoms with E-state index in [-0.39, 0.29) is 11.8 Å². The van der Waals surface area contributed by atoms with E-state index < -0.39 is 18.0 Å². The van der Waals surface area contributed by atoms with Gasteiger partial charge in [0.05, 0.1) is 12.0 Å². The first-order valence-electron chi connectivity index (χ1n) is 3.97. The van der Waals surface area contributed by atoms with Crippen molar-refractivity contribution in [2.45, 2.75) is 6.10 Å². The van der Waals surface area contributed by atoms with Gasteiger partial charge in [-0.05, 0) is 0 Å². The Kier molecular flexibility index (Phi) is 1.54. The van der Waals surface area contributed by atoms with E-state index in [9.17, 15) is 9.90 Å². The van der Waals surface area contributed by atoms with E-state index in [4.69, 9.17) is 5.11 Å². The van der Waals surface area contributed by atoms with Crippen LogP contribution in [0.25, 0.3) is 0 Å². The molecule has 0 aromatic heterocycles. The van der Waals surface area contributed by atoms with Crippen LogP contribution in [0.1, 0.15) is 0 Å². The van der Waals surface area contributed by atoms with Crippen LogP contribution >= 0.6 is 0 Å². The highest BCUT2D eigenvalue weighted by molar-refractivity contribution is 5.74. The Balaban J connectivity index is 2.23. The van der Waals surface area contributed by atoms with Gasteiger partial charge in [0, 0.05) is 11.8 Å². The third kappa shape index (κ3) is 0.898. The number of rotatable bonds is 1. The minimum atomic E-state index is -0.846. The number of hydrogen-bond acceptors (Lipinski definition) is 2. The summed E-state index contributed by atoms with van der Waals surface area (Å²) < 4.78 is 0. The van der Waals surface area contributed by atoms with Gasteiger partial charge in [-0.2, -0.15) is 0 Å². The van der Waals surface area contributed by atoms with Gasteiger partial charge >= 0.3 is 5.97 Å². The second kappa shape index (κ2) is 2.45. The van der Waals surface area contributed by atoms with Crippen LogP contribution in [0.2, 0.25) is 0 Å². The molecule has 3 nitrogen and oxygen atoms in total. The molecule has 3 heteroatoms. The molecular formula is C9H10O3. The molecule has 2 aliphatic rings. The van der Waals surface area contributed by atoms with Crippen molar-refractivity contribution in [3.8, 4) is 0 Å². The Morgan fingerprint density at radius 3 is 2.50 bits per heavy atom. The summed E-state index contributed by atoms with van der Waals surface area (Å²) in [6.07, 6.45) is 6.48. The van der Waals surface area contributed by atoms with Crippen LogP contribution in [-0.4, -0.2) is 22.3 Å². The van der Waals surface area contributed by atoms with Crippen LogP contribution in [-0.2, 0) is 4.79 Å². The topological polar surface area (TPSA) is 57.5 Å². The zero-order valence-corrected chi connectivity index (χ0v) is 6.42. The van der Waals surface area contributed by atoms with Crippen molar-refractivity contribution in [2.24, 2.45) is 17.8 Å². The summed E-state index contributed by atoms with van der Waals surface area (Å²) in [7, 11) is 0. The van der Waals surface area contributed by atoms with Crippen LogP contribution in [0.3, 0.4) is 0 Å². The Labute approximate surface area is 70.0 Å². The zero-order chi connectivity index (χ0) is 8.72. The molecule has 0 spiro atoms. The Morgan fingerprint density at radius 2 is 1.83 bits per heavy atom. The molecule has 64 valence electrons. The van der Waals surface area contributed by atoms with E-state index in [0.29, 0.717) is 0 Å². The summed E-state index contributed by atoms with van der Waals surface area (Å²) in [5.74, 6) is -1.40. The number of fused-ring (bicyclic) bond motifs is 1. The Hall–Kier alpha value is -1.09. The first kappa shape index (κ1) is 7.55. The van der Waals surface area contributed by atoms with Crippen LogP contribution in [0.4, 0.5) is 0 Å². The summed E-state index contributed by atoms with van der Waals surface area (Å²) in [6, 6.07) is 0. The first-order chi connectivity index (χ1) is 5.70. The molecule has 0 aromatic rings. The zero-order valence-electron chi connectivity index (χ0n) is 6.42. The normalized spacial score (nSPS) is 43.4.